The van der Waals surface area contributed by atoms with E-state index in [1.54, 1.807) is 22.9 Å². The van der Waals surface area contributed by atoms with Gasteiger partial charge in [-0.05, 0) is 24.6 Å². The highest BCUT2D eigenvalue weighted by Gasteiger charge is 2.11. The van der Waals surface area contributed by atoms with Gasteiger partial charge in [-0.15, -0.1) is 0 Å². The molecule has 0 aliphatic rings. The number of benzene rings is 1. The van der Waals surface area contributed by atoms with Crippen LogP contribution in [0.3, 0.4) is 0 Å². The van der Waals surface area contributed by atoms with Gasteiger partial charge in [0.15, 0.2) is 0 Å². The molecule has 2 aromatic heterocycles. The second-order valence-corrected chi connectivity index (χ2v) is 5.94. The Balaban J connectivity index is 1.74. The number of halogens is 2. The van der Waals surface area contributed by atoms with E-state index >= 15 is 0 Å². The standard InChI is InChI=1S/C15H15Cl2N5O/c1-3-13-10(8-22(2)20-13)7-18-15-19-14(21-23-15)9-4-11(16)6-12(17)5-9/h4-6,8H,3,7H2,1-2H3,(H,18,19,21). The van der Waals surface area contributed by atoms with E-state index in [1.165, 1.54) is 0 Å². The molecule has 120 valence electrons. The van der Waals surface area contributed by atoms with E-state index in [0.29, 0.717) is 34.0 Å². The van der Waals surface area contributed by atoms with Crippen molar-refractivity contribution in [3.63, 3.8) is 0 Å². The molecule has 0 fully saturated rings. The first-order valence-corrected chi connectivity index (χ1v) is 7.86. The maximum Gasteiger partial charge on any atom is 0.322 e. The van der Waals surface area contributed by atoms with Crippen LogP contribution in [0.2, 0.25) is 10.0 Å². The first-order chi connectivity index (χ1) is 11.0. The largest absolute Gasteiger partial charge is 0.334 e. The minimum atomic E-state index is 0.335. The Labute approximate surface area is 143 Å². The number of rotatable bonds is 5. The predicted molar refractivity (Wildman–Crippen MR) is 89.7 cm³/mol. The summed E-state index contributed by atoms with van der Waals surface area (Å²) >= 11 is 12.0. The van der Waals surface area contributed by atoms with Crippen molar-refractivity contribution in [2.24, 2.45) is 7.05 Å². The number of anilines is 1. The van der Waals surface area contributed by atoms with Crippen LogP contribution >= 0.6 is 23.2 Å². The Hall–Kier alpha value is -2.05. The van der Waals surface area contributed by atoms with E-state index in [2.05, 4.69) is 27.5 Å². The highest BCUT2D eigenvalue weighted by molar-refractivity contribution is 6.35. The number of aromatic nitrogens is 4. The molecule has 3 aromatic rings. The minimum Gasteiger partial charge on any atom is -0.334 e. The molecule has 6 nitrogen and oxygen atoms in total. The fraction of sp³-hybridized carbons (Fsp3) is 0.267. The van der Waals surface area contributed by atoms with E-state index in [-0.39, 0.29) is 0 Å². The van der Waals surface area contributed by atoms with Gasteiger partial charge in [-0.1, -0.05) is 35.3 Å². The molecule has 0 amide bonds. The van der Waals surface area contributed by atoms with E-state index < -0.39 is 0 Å². The molecule has 0 saturated heterocycles. The topological polar surface area (TPSA) is 68.8 Å². The first-order valence-electron chi connectivity index (χ1n) is 7.10. The summed E-state index contributed by atoms with van der Waals surface area (Å²) in [6, 6.07) is 5.46. The van der Waals surface area contributed by atoms with Gasteiger partial charge in [-0.2, -0.15) is 10.1 Å². The monoisotopic (exact) mass is 351 g/mol. The SMILES string of the molecule is CCc1nn(C)cc1CNc1nc(-c2cc(Cl)cc(Cl)c2)no1. The van der Waals surface area contributed by atoms with Crippen LogP contribution in [0.25, 0.3) is 11.4 Å². The third-order valence-corrected chi connectivity index (χ3v) is 3.74. The molecule has 0 aliphatic heterocycles. The second kappa shape index (κ2) is 6.60. The van der Waals surface area contributed by atoms with Crippen molar-refractivity contribution in [2.75, 3.05) is 5.32 Å². The molecule has 8 heteroatoms. The van der Waals surface area contributed by atoms with Crippen molar-refractivity contribution < 1.29 is 4.52 Å². The van der Waals surface area contributed by atoms with Crippen LogP contribution in [0.4, 0.5) is 6.01 Å². The summed E-state index contributed by atoms with van der Waals surface area (Å²) in [7, 11) is 1.90. The molecular weight excluding hydrogens is 337 g/mol. The molecule has 0 spiro atoms. The average Bonchev–Trinajstić information content (AvgIpc) is 3.10. The lowest BCUT2D eigenvalue weighted by molar-refractivity contribution is 0.432. The summed E-state index contributed by atoms with van der Waals surface area (Å²) in [5.74, 6) is 0.429. The Morgan fingerprint density at radius 2 is 1.96 bits per heavy atom. The average molecular weight is 352 g/mol. The zero-order chi connectivity index (χ0) is 16.4. The van der Waals surface area contributed by atoms with Gasteiger partial charge in [0.05, 0.1) is 5.69 Å². The molecule has 3 rings (SSSR count). The van der Waals surface area contributed by atoms with Crippen LogP contribution in [0.5, 0.6) is 0 Å². The van der Waals surface area contributed by atoms with Crippen LogP contribution in [0, 0.1) is 0 Å². The van der Waals surface area contributed by atoms with Gasteiger partial charge in [0.1, 0.15) is 0 Å². The zero-order valence-corrected chi connectivity index (χ0v) is 14.2. The molecule has 0 aliphatic carbocycles. The molecule has 0 atom stereocenters. The summed E-state index contributed by atoms with van der Waals surface area (Å²) in [4.78, 5) is 4.31. The van der Waals surface area contributed by atoms with Crippen LogP contribution in [0.1, 0.15) is 18.2 Å². The zero-order valence-electron chi connectivity index (χ0n) is 12.7. The van der Waals surface area contributed by atoms with E-state index in [0.717, 1.165) is 17.7 Å². The maximum absolute atomic E-state index is 5.99. The van der Waals surface area contributed by atoms with Crippen molar-refractivity contribution in [1.29, 1.82) is 0 Å². The van der Waals surface area contributed by atoms with Gasteiger partial charge in [0.2, 0.25) is 5.82 Å². The fourth-order valence-electron chi connectivity index (χ4n) is 2.30. The lowest BCUT2D eigenvalue weighted by Crippen LogP contribution is -2.01. The maximum atomic E-state index is 5.99. The molecule has 0 bridgehead atoms. The smallest absolute Gasteiger partial charge is 0.322 e. The molecule has 0 saturated carbocycles. The van der Waals surface area contributed by atoms with Gasteiger partial charge in [-0.3, -0.25) is 4.68 Å². The summed E-state index contributed by atoms with van der Waals surface area (Å²) < 4.78 is 7.01. The number of hydrogen-bond acceptors (Lipinski definition) is 5. The Bertz CT molecular complexity index is 807. The van der Waals surface area contributed by atoms with E-state index in [1.807, 2.05) is 13.2 Å². The predicted octanol–water partition coefficient (Wildman–Crippen LogP) is 3.95. The minimum absolute atomic E-state index is 0.335. The molecule has 23 heavy (non-hydrogen) atoms. The summed E-state index contributed by atoms with van der Waals surface area (Å²) in [5, 5.41) is 12.5. The Morgan fingerprint density at radius 3 is 2.65 bits per heavy atom. The lowest BCUT2D eigenvalue weighted by Gasteiger charge is -2.00. The van der Waals surface area contributed by atoms with Crippen LogP contribution in [-0.4, -0.2) is 19.9 Å². The quantitative estimate of drug-likeness (QED) is 0.753. The first kappa shape index (κ1) is 15.8. The van der Waals surface area contributed by atoms with Crippen molar-refractivity contribution in [1.82, 2.24) is 19.9 Å². The fourth-order valence-corrected chi connectivity index (χ4v) is 2.82. The van der Waals surface area contributed by atoms with Crippen molar-refractivity contribution >= 4 is 29.2 Å². The van der Waals surface area contributed by atoms with Crippen molar-refractivity contribution in [3.05, 3.63) is 45.7 Å². The normalized spacial score (nSPS) is 11.0. The number of nitrogens with one attached hydrogen (secondary N) is 1. The highest BCUT2D eigenvalue weighted by Crippen LogP contribution is 2.26. The molecule has 1 aromatic carbocycles. The van der Waals surface area contributed by atoms with Crippen LogP contribution in [0.15, 0.2) is 28.9 Å². The van der Waals surface area contributed by atoms with Crippen molar-refractivity contribution in [3.8, 4) is 11.4 Å². The van der Waals surface area contributed by atoms with E-state index in [4.69, 9.17) is 27.7 Å². The third-order valence-electron chi connectivity index (χ3n) is 3.30. The summed E-state index contributed by atoms with van der Waals surface area (Å²) in [6.07, 6.45) is 2.84. The Morgan fingerprint density at radius 1 is 1.22 bits per heavy atom. The molecule has 1 N–H and O–H groups in total. The molecule has 2 heterocycles. The van der Waals surface area contributed by atoms with Gasteiger partial charge in [-0.25, -0.2) is 0 Å². The summed E-state index contributed by atoms with van der Waals surface area (Å²) in [6.45, 7) is 2.63. The van der Waals surface area contributed by atoms with Crippen LogP contribution in [-0.2, 0) is 20.0 Å². The Kier molecular flexibility index (Phi) is 4.54. The van der Waals surface area contributed by atoms with Crippen LogP contribution < -0.4 is 5.32 Å². The summed E-state index contributed by atoms with van der Waals surface area (Å²) in [5.41, 5.74) is 2.84. The van der Waals surface area contributed by atoms with Gasteiger partial charge >= 0.3 is 6.01 Å². The van der Waals surface area contributed by atoms with Crippen molar-refractivity contribution in [2.45, 2.75) is 19.9 Å². The molecule has 0 unspecified atom stereocenters. The number of nitrogens with zero attached hydrogens (tertiary/aromatic N) is 4. The van der Waals surface area contributed by atoms with Gasteiger partial charge in [0, 0.05) is 41.0 Å². The third kappa shape index (κ3) is 3.65. The van der Waals surface area contributed by atoms with E-state index in [9.17, 15) is 0 Å². The molecular formula is C15H15Cl2N5O. The number of hydrogen-bond donors (Lipinski definition) is 1. The number of aryl methyl sites for hydroxylation is 2. The van der Waals surface area contributed by atoms with Gasteiger partial charge in [0.25, 0.3) is 0 Å². The second-order valence-electron chi connectivity index (χ2n) is 5.06. The van der Waals surface area contributed by atoms with Gasteiger partial charge < -0.3 is 9.84 Å². The lowest BCUT2D eigenvalue weighted by atomic mass is 10.2. The highest BCUT2D eigenvalue weighted by atomic mass is 35.5. The molecule has 0 radical (unpaired) electrons.